The lowest BCUT2D eigenvalue weighted by atomic mass is 10.0. The standard InChI is InChI=1S/C18H28O5S/c1-5-7-8-17(23-18(19)6-2)15(4)13-22-24(20,21)16-11-9-14(3)10-12-16/h9-12,15,17H,5-8,13H2,1-4H3/t15-,17+/m1/s1. The van der Waals surface area contributed by atoms with Gasteiger partial charge < -0.3 is 4.74 Å². The molecule has 0 saturated heterocycles. The molecular formula is C18H28O5S. The number of esters is 1. The van der Waals surface area contributed by atoms with E-state index in [1.807, 2.05) is 13.8 Å². The van der Waals surface area contributed by atoms with Crippen molar-refractivity contribution in [3.05, 3.63) is 29.8 Å². The average molecular weight is 356 g/mol. The molecule has 136 valence electrons. The first-order valence-electron chi connectivity index (χ1n) is 8.45. The Balaban J connectivity index is 2.70. The molecule has 24 heavy (non-hydrogen) atoms. The molecule has 0 aliphatic carbocycles. The van der Waals surface area contributed by atoms with Gasteiger partial charge in [-0.05, 0) is 25.5 Å². The fourth-order valence-electron chi connectivity index (χ4n) is 2.19. The fraction of sp³-hybridized carbons (Fsp3) is 0.611. The van der Waals surface area contributed by atoms with Gasteiger partial charge in [-0.1, -0.05) is 51.3 Å². The van der Waals surface area contributed by atoms with Crippen LogP contribution in [-0.2, 0) is 23.8 Å². The summed E-state index contributed by atoms with van der Waals surface area (Å²) < 4.78 is 35.1. The highest BCUT2D eigenvalue weighted by Crippen LogP contribution is 2.19. The van der Waals surface area contributed by atoms with Crippen LogP contribution in [0.1, 0.15) is 52.0 Å². The molecule has 0 aromatic heterocycles. The molecule has 0 spiro atoms. The van der Waals surface area contributed by atoms with Crippen molar-refractivity contribution in [2.45, 2.75) is 64.4 Å². The molecule has 0 N–H and O–H groups in total. The number of rotatable bonds is 10. The van der Waals surface area contributed by atoms with Crippen molar-refractivity contribution in [3.8, 4) is 0 Å². The molecule has 0 amide bonds. The zero-order valence-electron chi connectivity index (χ0n) is 14.9. The van der Waals surface area contributed by atoms with Crippen LogP contribution in [0.3, 0.4) is 0 Å². The molecular weight excluding hydrogens is 328 g/mol. The van der Waals surface area contributed by atoms with E-state index >= 15 is 0 Å². The molecule has 1 aromatic rings. The normalized spacial score (nSPS) is 14.2. The van der Waals surface area contributed by atoms with E-state index in [1.54, 1.807) is 19.1 Å². The predicted molar refractivity (Wildman–Crippen MR) is 93.2 cm³/mol. The average Bonchev–Trinajstić information content (AvgIpc) is 2.56. The van der Waals surface area contributed by atoms with Gasteiger partial charge in [0, 0.05) is 12.3 Å². The van der Waals surface area contributed by atoms with Crippen molar-refractivity contribution in [3.63, 3.8) is 0 Å². The van der Waals surface area contributed by atoms with Gasteiger partial charge in [0.15, 0.2) is 0 Å². The van der Waals surface area contributed by atoms with Crippen LogP contribution in [0.2, 0.25) is 0 Å². The third kappa shape index (κ3) is 6.61. The molecule has 0 heterocycles. The second-order valence-corrected chi connectivity index (χ2v) is 7.67. The molecule has 0 fully saturated rings. The van der Waals surface area contributed by atoms with E-state index in [0.717, 1.165) is 18.4 Å². The maximum atomic E-state index is 12.2. The van der Waals surface area contributed by atoms with E-state index in [9.17, 15) is 13.2 Å². The lowest BCUT2D eigenvalue weighted by Gasteiger charge is -2.23. The minimum Gasteiger partial charge on any atom is -0.462 e. The summed E-state index contributed by atoms with van der Waals surface area (Å²) in [7, 11) is -3.80. The Kier molecular flexibility index (Phi) is 8.42. The third-order valence-corrected chi connectivity index (χ3v) is 5.14. The van der Waals surface area contributed by atoms with E-state index in [2.05, 4.69) is 6.92 Å². The number of hydrogen-bond donors (Lipinski definition) is 0. The molecule has 0 aliphatic rings. The largest absolute Gasteiger partial charge is 0.462 e. The molecule has 5 nitrogen and oxygen atoms in total. The summed E-state index contributed by atoms with van der Waals surface area (Å²) in [5.74, 6) is -0.475. The molecule has 6 heteroatoms. The van der Waals surface area contributed by atoms with Crippen LogP contribution in [0.5, 0.6) is 0 Å². The van der Waals surface area contributed by atoms with Gasteiger partial charge in [-0.2, -0.15) is 8.42 Å². The second-order valence-electron chi connectivity index (χ2n) is 6.05. The minimum atomic E-state index is -3.80. The molecule has 0 radical (unpaired) electrons. The maximum Gasteiger partial charge on any atom is 0.305 e. The number of hydrogen-bond acceptors (Lipinski definition) is 5. The lowest BCUT2D eigenvalue weighted by Crippen LogP contribution is -2.29. The van der Waals surface area contributed by atoms with Gasteiger partial charge in [-0.15, -0.1) is 0 Å². The summed E-state index contributed by atoms with van der Waals surface area (Å²) >= 11 is 0. The quantitative estimate of drug-likeness (QED) is 0.470. The van der Waals surface area contributed by atoms with Gasteiger partial charge in [0.25, 0.3) is 10.1 Å². The van der Waals surface area contributed by atoms with Crippen molar-refractivity contribution < 1.29 is 22.1 Å². The van der Waals surface area contributed by atoms with Gasteiger partial charge in [-0.25, -0.2) is 0 Å². The fourth-order valence-corrected chi connectivity index (χ4v) is 3.19. The summed E-state index contributed by atoms with van der Waals surface area (Å²) in [4.78, 5) is 11.7. The highest BCUT2D eigenvalue weighted by atomic mass is 32.2. The van der Waals surface area contributed by atoms with Crippen molar-refractivity contribution in [2.24, 2.45) is 5.92 Å². The van der Waals surface area contributed by atoms with Crippen LogP contribution in [-0.4, -0.2) is 27.1 Å². The summed E-state index contributed by atoms with van der Waals surface area (Å²) in [5, 5.41) is 0. The Morgan fingerprint density at radius 1 is 1.17 bits per heavy atom. The Hall–Kier alpha value is -1.40. The molecule has 1 rings (SSSR count). The van der Waals surface area contributed by atoms with Gasteiger partial charge in [0.2, 0.25) is 0 Å². The first kappa shape index (κ1) is 20.6. The highest BCUT2D eigenvalue weighted by Gasteiger charge is 2.24. The van der Waals surface area contributed by atoms with E-state index in [0.29, 0.717) is 12.8 Å². The van der Waals surface area contributed by atoms with Crippen LogP contribution < -0.4 is 0 Å². The molecule has 0 saturated carbocycles. The van der Waals surface area contributed by atoms with Crippen molar-refractivity contribution in [1.82, 2.24) is 0 Å². The number of carbonyl (C=O) groups excluding carboxylic acids is 1. The number of carbonyl (C=O) groups is 1. The Labute approximate surface area is 145 Å². The summed E-state index contributed by atoms with van der Waals surface area (Å²) in [6.07, 6.45) is 2.58. The van der Waals surface area contributed by atoms with Gasteiger partial charge >= 0.3 is 5.97 Å². The summed E-state index contributed by atoms with van der Waals surface area (Å²) in [6, 6.07) is 6.52. The number of unbranched alkanes of at least 4 members (excludes halogenated alkanes) is 1. The third-order valence-electron chi connectivity index (χ3n) is 3.84. The first-order valence-corrected chi connectivity index (χ1v) is 9.86. The first-order chi connectivity index (χ1) is 11.3. The molecule has 2 atom stereocenters. The van der Waals surface area contributed by atoms with E-state index in [-0.39, 0.29) is 29.5 Å². The smallest absolute Gasteiger partial charge is 0.305 e. The molecule has 1 aromatic carbocycles. The summed E-state index contributed by atoms with van der Waals surface area (Å²) in [6.45, 7) is 7.51. The Bertz CT molecular complexity index is 607. The zero-order chi connectivity index (χ0) is 18.2. The topological polar surface area (TPSA) is 69.7 Å². The Morgan fingerprint density at radius 3 is 2.33 bits per heavy atom. The number of ether oxygens (including phenoxy) is 1. The predicted octanol–water partition coefficient (Wildman–Crippen LogP) is 3.85. The van der Waals surface area contributed by atoms with Gasteiger partial charge in [-0.3, -0.25) is 8.98 Å². The van der Waals surface area contributed by atoms with E-state index < -0.39 is 10.1 Å². The van der Waals surface area contributed by atoms with Crippen molar-refractivity contribution >= 4 is 16.1 Å². The SMILES string of the molecule is CCCC[C@H](OC(=O)CC)[C@H](C)COS(=O)(=O)c1ccc(C)cc1. The number of aryl methyl sites for hydroxylation is 1. The van der Waals surface area contributed by atoms with Crippen LogP contribution in [0, 0.1) is 12.8 Å². The van der Waals surface area contributed by atoms with Gasteiger partial charge in [0.05, 0.1) is 11.5 Å². The van der Waals surface area contributed by atoms with Crippen LogP contribution in [0.25, 0.3) is 0 Å². The van der Waals surface area contributed by atoms with E-state index in [4.69, 9.17) is 8.92 Å². The Morgan fingerprint density at radius 2 is 1.79 bits per heavy atom. The van der Waals surface area contributed by atoms with Crippen LogP contribution >= 0.6 is 0 Å². The van der Waals surface area contributed by atoms with Crippen molar-refractivity contribution in [1.29, 1.82) is 0 Å². The summed E-state index contributed by atoms with van der Waals surface area (Å²) in [5.41, 5.74) is 0.980. The van der Waals surface area contributed by atoms with Crippen molar-refractivity contribution in [2.75, 3.05) is 6.61 Å². The lowest BCUT2D eigenvalue weighted by molar-refractivity contribution is -0.152. The van der Waals surface area contributed by atoms with Gasteiger partial charge in [0.1, 0.15) is 6.10 Å². The molecule has 0 unspecified atom stereocenters. The minimum absolute atomic E-state index is 0.0123. The van der Waals surface area contributed by atoms with Crippen LogP contribution in [0.15, 0.2) is 29.2 Å². The highest BCUT2D eigenvalue weighted by molar-refractivity contribution is 7.86. The maximum absolute atomic E-state index is 12.2. The second kappa shape index (κ2) is 9.79. The zero-order valence-corrected chi connectivity index (χ0v) is 15.8. The van der Waals surface area contributed by atoms with Crippen LogP contribution in [0.4, 0.5) is 0 Å². The molecule has 0 aliphatic heterocycles. The monoisotopic (exact) mass is 356 g/mol. The molecule has 0 bridgehead atoms. The number of benzene rings is 1. The van der Waals surface area contributed by atoms with E-state index in [1.165, 1.54) is 12.1 Å².